The van der Waals surface area contributed by atoms with Gasteiger partial charge >= 0.3 is 0 Å². The molecule has 0 unspecified atom stereocenters. The highest BCUT2D eigenvalue weighted by atomic mass is 16.6. The van der Waals surface area contributed by atoms with Crippen LogP contribution in [0.25, 0.3) is 10.9 Å². The highest BCUT2D eigenvalue weighted by Crippen LogP contribution is 2.22. The number of carbonyl (C=O) groups excluding carboxylic acids is 1. The predicted molar refractivity (Wildman–Crippen MR) is 82.7 cm³/mol. The Morgan fingerprint density at radius 2 is 1.95 bits per heavy atom. The van der Waals surface area contributed by atoms with Gasteiger partial charge in [0.25, 0.3) is 5.69 Å². The van der Waals surface area contributed by atoms with E-state index < -0.39 is 4.92 Å². The number of piperazine rings is 1. The van der Waals surface area contributed by atoms with Crippen LogP contribution in [0.1, 0.15) is 0 Å². The largest absolute Gasteiger partial charge is 0.339 e. The van der Waals surface area contributed by atoms with Crippen LogP contribution >= 0.6 is 0 Å². The van der Waals surface area contributed by atoms with E-state index in [0.29, 0.717) is 0 Å². The highest BCUT2D eigenvalue weighted by Gasteiger charge is 2.20. The molecule has 3 rings (SSSR count). The summed E-state index contributed by atoms with van der Waals surface area (Å²) in [5, 5.41) is 11.8. The van der Waals surface area contributed by atoms with Crippen molar-refractivity contribution in [3.05, 3.63) is 40.6 Å². The molecule has 0 spiro atoms. The first-order valence-corrected chi connectivity index (χ1v) is 7.24. The molecule has 1 aromatic heterocycles. The van der Waals surface area contributed by atoms with Crippen LogP contribution < -0.4 is 0 Å². The molecule has 2 aromatic rings. The lowest BCUT2D eigenvalue weighted by molar-refractivity contribution is -0.384. The standard InChI is InChI=1S/C15H18N4O3/c1-16-6-8-17(9-7-16)15(20)11-18-5-4-12-2-3-13(19(21)22)10-14(12)18/h2-5,10H,6-9,11H2,1H3. The Morgan fingerprint density at radius 1 is 1.23 bits per heavy atom. The number of nitrogens with zero attached hydrogens (tertiary/aromatic N) is 4. The molecule has 0 bridgehead atoms. The Kier molecular flexibility index (Phi) is 3.81. The number of amides is 1. The smallest absolute Gasteiger partial charge is 0.271 e. The van der Waals surface area contributed by atoms with Crippen LogP contribution in [0.3, 0.4) is 0 Å². The van der Waals surface area contributed by atoms with Gasteiger partial charge in [0.15, 0.2) is 0 Å². The van der Waals surface area contributed by atoms with Crippen molar-refractivity contribution in [1.82, 2.24) is 14.4 Å². The second-order valence-electron chi connectivity index (χ2n) is 5.63. The van der Waals surface area contributed by atoms with Gasteiger partial charge in [0.2, 0.25) is 5.91 Å². The molecule has 1 amide bonds. The summed E-state index contributed by atoms with van der Waals surface area (Å²) in [7, 11) is 2.04. The second-order valence-corrected chi connectivity index (χ2v) is 5.63. The molecule has 0 aliphatic carbocycles. The molecule has 0 saturated carbocycles. The molecule has 1 aliphatic rings. The minimum absolute atomic E-state index is 0.0412. The third-order valence-electron chi connectivity index (χ3n) is 4.13. The van der Waals surface area contributed by atoms with Crippen molar-refractivity contribution in [1.29, 1.82) is 0 Å². The number of likely N-dealkylation sites (N-methyl/N-ethyl adjacent to an activating group) is 1. The molecule has 116 valence electrons. The molecule has 0 N–H and O–H groups in total. The SMILES string of the molecule is CN1CCN(C(=O)Cn2ccc3ccc([N+](=O)[O-])cc32)CC1. The zero-order chi connectivity index (χ0) is 15.7. The number of non-ortho nitro benzene ring substituents is 1. The second kappa shape index (κ2) is 5.76. The number of carbonyl (C=O) groups is 1. The van der Waals surface area contributed by atoms with Gasteiger partial charge < -0.3 is 14.4 Å². The van der Waals surface area contributed by atoms with Crippen LogP contribution in [0, 0.1) is 10.1 Å². The van der Waals surface area contributed by atoms with Crippen LogP contribution in [0.15, 0.2) is 30.5 Å². The minimum Gasteiger partial charge on any atom is -0.339 e. The van der Waals surface area contributed by atoms with Gasteiger partial charge in [-0.25, -0.2) is 0 Å². The van der Waals surface area contributed by atoms with E-state index in [0.717, 1.165) is 37.1 Å². The third kappa shape index (κ3) is 2.80. The van der Waals surface area contributed by atoms with E-state index in [9.17, 15) is 14.9 Å². The van der Waals surface area contributed by atoms with E-state index in [1.165, 1.54) is 12.1 Å². The number of aromatic nitrogens is 1. The van der Waals surface area contributed by atoms with Crippen LogP contribution in [0.2, 0.25) is 0 Å². The lowest BCUT2D eigenvalue weighted by Crippen LogP contribution is -2.48. The topological polar surface area (TPSA) is 71.6 Å². The summed E-state index contributed by atoms with van der Waals surface area (Å²) >= 11 is 0. The van der Waals surface area contributed by atoms with Crippen molar-refractivity contribution in [2.45, 2.75) is 6.54 Å². The number of nitro benzene ring substituents is 1. The minimum atomic E-state index is -0.418. The van der Waals surface area contributed by atoms with Crippen molar-refractivity contribution in [2.75, 3.05) is 33.2 Å². The van der Waals surface area contributed by atoms with Crippen LogP contribution in [-0.2, 0) is 11.3 Å². The van der Waals surface area contributed by atoms with E-state index >= 15 is 0 Å². The quantitative estimate of drug-likeness (QED) is 0.633. The van der Waals surface area contributed by atoms with E-state index in [1.807, 2.05) is 24.2 Å². The normalized spacial score (nSPS) is 16.1. The number of fused-ring (bicyclic) bond motifs is 1. The van der Waals surface area contributed by atoms with Crippen molar-refractivity contribution in [3.8, 4) is 0 Å². The molecule has 1 aromatic carbocycles. The Hall–Kier alpha value is -2.41. The van der Waals surface area contributed by atoms with E-state index in [-0.39, 0.29) is 18.1 Å². The molecule has 1 saturated heterocycles. The zero-order valence-electron chi connectivity index (χ0n) is 12.4. The fourth-order valence-electron chi connectivity index (χ4n) is 2.73. The van der Waals surface area contributed by atoms with Gasteiger partial charge in [-0.1, -0.05) is 0 Å². The number of nitro groups is 1. The number of hydrogen-bond donors (Lipinski definition) is 0. The first-order valence-electron chi connectivity index (χ1n) is 7.24. The molecule has 1 aliphatic heterocycles. The molecule has 7 heteroatoms. The molecular formula is C15H18N4O3. The average molecular weight is 302 g/mol. The summed E-state index contributed by atoms with van der Waals surface area (Å²) in [4.78, 5) is 26.9. The fourth-order valence-corrected chi connectivity index (χ4v) is 2.73. The Bertz CT molecular complexity index is 717. The van der Waals surface area contributed by atoms with E-state index in [2.05, 4.69) is 4.90 Å². The van der Waals surface area contributed by atoms with Crippen molar-refractivity contribution >= 4 is 22.5 Å². The van der Waals surface area contributed by atoms with Gasteiger partial charge in [-0.05, 0) is 19.2 Å². The van der Waals surface area contributed by atoms with E-state index in [1.54, 1.807) is 10.6 Å². The first-order chi connectivity index (χ1) is 10.5. The maximum atomic E-state index is 12.4. The summed E-state index contributed by atoms with van der Waals surface area (Å²) < 4.78 is 1.78. The summed E-state index contributed by atoms with van der Waals surface area (Å²) in [6.45, 7) is 3.44. The van der Waals surface area contributed by atoms with Gasteiger partial charge in [0.05, 0.1) is 10.4 Å². The van der Waals surface area contributed by atoms with E-state index in [4.69, 9.17) is 0 Å². The molecule has 0 radical (unpaired) electrons. The predicted octanol–water partition coefficient (Wildman–Crippen LogP) is 1.32. The monoisotopic (exact) mass is 302 g/mol. The highest BCUT2D eigenvalue weighted by molar-refractivity contribution is 5.85. The van der Waals surface area contributed by atoms with Gasteiger partial charge in [0, 0.05) is 49.9 Å². The maximum Gasteiger partial charge on any atom is 0.271 e. The lowest BCUT2D eigenvalue weighted by Gasteiger charge is -2.32. The van der Waals surface area contributed by atoms with Crippen LogP contribution in [-0.4, -0.2) is 58.4 Å². The maximum absolute atomic E-state index is 12.4. The molecule has 22 heavy (non-hydrogen) atoms. The lowest BCUT2D eigenvalue weighted by atomic mass is 10.2. The van der Waals surface area contributed by atoms with Crippen LogP contribution in [0.5, 0.6) is 0 Å². The Morgan fingerprint density at radius 3 is 2.64 bits per heavy atom. The summed E-state index contributed by atoms with van der Waals surface area (Å²) in [5.74, 6) is 0.0529. The average Bonchev–Trinajstić information content (AvgIpc) is 2.90. The molecule has 2 heterocycles. The number of rotatable bonds is 3. The molecule has 7 nitrogen and oxygen atoms in total. The fraction of sp³-hybridized carbons (Fsp3) is 0.400. The number of benzene rings is 1. The Balaban J connectivity index is 1.80. The van der Waals surface area contributed by atoms with Crippen molar-refractivity contribution in [3.63, 3.8) is 0 Å². The van der Waals surface area contributed by atoms with Crippen molar-refractivity contribution in [2.24, 2.45) is 0 Å². The molecule has 0 atom stereocenters. The molecular weight excluding hydrogens is 284 g/mol. The molecule has 1 fully saturated rings. The van der Waals surface area contributed by atoms with Gasteiger partial charge in [-0.15, -0.1) is 0 Å². The summed E-state index contributed by atoms with van der Waals surface area (Å²) in [5.41, 5.74) is 0.760. The Labute approximate surface area is 127 Å². The summed E-state index contributed by atoms with van der Waals surface area (Å²) in [6.07, 6.45) is 1.81. The third-order valence-corrected chi connectivity index (χ3v) is 4.13. The first kappa shape index (κ1) is 14.5. The summed E-state index contributed by atoms with van der Waals surface area (Å²) in [6, 6.07) is 6.59. The van der Waals surface area contributed by atoms with Gasteiger partial charge in [0.1, 0.15) is 6.54 Å². The van der Waals surface area contributed by atoms with Gasteiger partial charge in [-0.2, -0.15) is 0 Å². The van der Waals surface area contributed by atoms with Gasteiger partial charge in [-0.3, -0.25) is 14.9 Å². The van der Waals surface area contributed by atoms with Crippen molar-refractivity contribution < 1.29 is 9.72 Å². The van der Waals surface area contributed by atoms with Crippen LogP contribution in [0.4, 0.5) is 5.69 Å². The zero-order valence-corrected chi connectivity index (χ0v) is 12.4. The number of hydrogen-bond acceptors (Lipinski definition) is 4.